The third kappa shape index (κ3) is 4.81. The number of aromatic nitrogens is 3. The maximum Gasteiger partial charge on any atom is 0.335 e. The van der Waals surface area contributed by atoms with Gasteiger partial charge in [0.2, 0.25) is 11.7 Å². The standard InChI is InChI=1S/C33H40N6O5/c1-22-18-25(38-17-14-31(2,20-38)23-6-4-3-5-7-23)19-39-27(22)35-26(36-39)28(40)34-24-8-15-37(16-9-24)29(41)32-10-12-33(13-11-32,30(42)43)44-21-32/h3-7,18-19,24H,8-17,20-21H2,1-2H3,(H,34,40)(H,42,43)/t31-,32?,33?/m0/s1. The second-order valence-electron chi connectivity index (χ2n) is 13.6. The summed E-state index contributed by atoms with van der Waals surface area (Å²) >= 11 is 0. The molecule has 2 N–H and O–H groups in total. The molecule has 44 heavy (non-hydrogen) atoms. The monoisotopic (exact) mass is 600 g/mol. The molecule has 8 rings (SSSR count). The number of carboxylic acids is 1. The molecule has 3 aromatic rings. The molecule has 11 nitrogen and oxygen atoms in total. The van der Waals surface area contributed by atoms with Crippen LogP contribution in [0.15, 0.2) is 42.6 Å². The summed E-state index contributed by atoms with van der Waals surface area (Å²) in [5.41, 5.74) is 2.37. The summed E-state index contributed by atoms with van der Waals surface area (Å²) in [5, 5.41) is 17.2. The number of carboxylic acid groups (broad SMARTS) is 1. The fourth-order valence-corrected chi connectivity index (χ4v) is 7.72. The van der Waals surface area contributed by atoms with Crippen LogP contribution in [0.4, 0.5) is 5.69 Å². The SMILES string of the molecule is Cc1cc(N2CC[C@](C)(c3ccccc3)C2)cn2nc(C(=O)NC3CCN(C(=O)C45CCC(C(=O)O)(CC4)OC5)CC3)nc12. The van der Waals surface area contributed by atoms with E-state index in [0.717, 1.165) is 30.8 Å². The molecule has 0 unspecified atom stereocenters. The van der Waals surface area contributed by atoms with Crippen LogP contribution in [0.1, 0.15) is 73.6 Å². The summed E-state index contributed by atoms with van der Waals surface area (Å²) in [7, 11) is 0. The highest BCUT2D eigenvalue weighted by Crippen LogP contribution is 2.50. The predicted molar refractivity (Wildman–Crippen MR) is 163 cm³/mol. The summed E-state index contributed by atoms with van der Waals surface area (Å²) in [6.45, 7) is 7.40. The zero-order chi connectivity index (χ0) is 30.7. The number of anilines is 1. The minimum Gasteiger partial charge on any atom is -0.479 e. The molecule has 0 radical (unpaired) electrons. The Morgan fingerprint density at radius 3 is 2.41 bits per heavy atom. The van der Waals surface area contributed by atoms with Crippen molar-refractivity contribution in [3.05, 3.63) is 59.5 Å². The lowest BCUT2D eigenvalue weighted by Gasteiger charge is -2.51. The molecular formula is C33H40N6O5. The molecule has 2 aromatic heterocycles. The highest BCUT2D eigenvalue weighted by Gasteiger charge is 2.58. The number of likely N-dealkylation sites (tertiary alicyclic amines) is 1. The smallest absolute Gasteiger partial charge is 0.335 e. The summed E-state index contributed by atoms with van der Waals surface area (Å²) in [6, 6.07) is 12.7. The van der Waals surface area contributed by atoms with Gasteiger partial charge in [0.25, 0.3) is 5.91 Å². The minimum atomic E-state index is -1.12. The molecule has 4 saturated heterocycles. The minimum absolute atomic E-state index is 0.0522. The lowest BCUT2D eigenvalue weighted by molar-refractivity contribution is -0.212. The first kappa shape index (κ1) is 28.8. The number of pyridine rings is 1. The van der Waals surface area contributed by atoms with Gasteiger partial charge in [-0.3, -0.25) is 9.59 Å². The summed E-state index contributed by atoms with van der Waals surface area (Å²) in [5.74, 6) is -1.05. The summed E-state index contributed by atoms with van der Waals surface area (Å²) < 4.78 is 7.45. The van der Waals surface area contributed by atoms with E-state index in [4.69, 9.17) is 4.74 Å². The zero-order valence-electron chi connectivity index (χ0n) is 25.4. The van der Waals surface area contributed by atoms with Crippen molar-refractivity contribution in [2.75, 3.05) is 37.7 Å². The molecular weight excluding hydrogens is 560 g/mol. The maximum absolute atomic E-state index is 13.5. The third-order valence-corrected chi connectivity index (χ3v) is 10.7. The highest BCUT2D eigenvalue weighted by atomic mass is 16.5. The number of hydrogen-bond acceptors (Lipinski definition) is 7. The number of benzene rings is 1. The number of carbonyl (C=O) groups is 3. The molecule has 5 fully saturated rings. The van der Waals surface area contributed by atoms with Gasteiger partial charge in [-0.1, -0.05) is 37.3 Å². The van der Waals surface area contributed by atoms with Gasteiger partial charge < -0.3 is 25.0 Å². The number of amides is 2. The molecule has 232 valence electrons. The normalized spacial score (nSPS) is 28.9. The van der Waals surface area contributed by atoms with E-state index in [-0.39, 0.29) is 35.7 Å². The van der Waals surface area contributed by atoms with Gasteiger partial charge in [-0.05, 0) is 69.1 Å². The van der Waals surface area contributed by atoms with Gasteiger partial charge in [-0.25, -0.2) is 14.3 Å². The fourth-order valence-electron chi connectivity index (χ4n) is 7.72. The van der Waals surface area contributed by atoms with Gasteiger partial charge in [0.1, 0.15) is 0 Å². The van der Waals surface area contributed by atoms with Crippen LogP contribution in [0.2, 0.25) is 0 Å². The lowest BCUT2D eigenvalue weighted by Crippen LogP contribution is -2.61. The van der Waals surface area contributed by atoms with Crippen molar-refractivity contribution < 1.29 is 24.2 Å². The van der Waals surface area contributed by atoms with Crippen molar-refractivity contribution in [2.45, 2.75) is 75.9 Å². The molecule has 1 aromatic carbocycles. The van der Waals surface area contributed by atoms with Crippen molar-refractivity contribution in [3.63, 3.8) is 0 Å². The molecule has 6 heterocycles. The molecule has 0 spiro atoms. The van der Waals surface area contributed by atoms with Gasteiger partial charge in [0, 0.05) is 37.6 Å². The van der Waals surface area contributed by atoms with Crippen LogP contribution in [0.5, 0.6) is 0 Å². The summed E-state index contributed by atoms with van der Waals surface area (Å²) in [6.07, 6.45) is 6.13. The van der Waals surface area contributed by atoms with Crippen LogP contribution in [-0.4, -0.2) is 86.8 Å². The topological polar surface area (TPSA) is 129 Å². The highest BCUT2D eigenvalue weighted by molar-refractivity contribution is 5.91. The fraction of sp³-hybridized carbons (Fsp3) is 0.545. The zero-order valence-corrected chi connectivity index (χ0v) is 25.4. The first-order valence-corrected chi connectivity index (χ1v) is 15.8. The summed E-state index contributed by atoms with van der Waals surface area (Å²) in [4.78, 5) is 47.2. The van der Waals surface area contributed by atoms with Crippen molar-refractivity contribution in [1.29, 1.82) is 0 Å². The Hall–Kier alpha value is -3.99. The first-order chi connectivity index (χ1) is 21.1. The number of nitrogens with zero attached hydrogens (tertiary/aromatic N) is 5. The molecule has 4 aliphatic heterocycles. The third-order valence-electron chi connectivity index (χ3n) is 10.7. The van der Waals surface area contributed by atoms with Gasteiger partial charge >= 0.3 is 5.97 Å². The van der Waals surface area contributed by atoms with E-state index in [2.05, 4.69) is 63.6 Å². The van der Waals surface area contributed by atoms with Crippen molar-refractivity contribution in [3.8, 4) is 0 Å². The first-order valence-electron chi connectivity index (χ1n) is 15.8. The van der Waals surface area contributed by atoms with E-state index in [9.17, 15) is 19.5 Å². The quantitative estimate of drug-likeness (QED) is 0.441. The number of nitrogens with one attached hydrogen (secondary N) is 1. The Labute approximate surface area is 256 Å². The Morgan fingerprint density at radius 1 is 1.02 bits per heavy atom. The number of carbonyl (C=O) groups excluding carboxylic acids is 2. The van der Waals surface area contributed by atoms with Crippen LogP contribution < -0.4 is 10.2 Å². The van der Waals surface area contributed by atoms with Crippen molar-refractivity contribution in [2.24, 2.45) is 5.41 Å². The van der Waals surface area contributed by atoms with Crippen LogP contribution in [0.3, 0.4) is 0 Å². The Bertz CT molecular complexity index is 1590. The number of ether oxygens (including phenoxy) is 1. The number of rotatable bonds is 6. The van der Waals surface area contributed by atoms with Gasteiger partial charge in [-0.15, -0.1) is 5.10 Å². The largest absolute Gasteiger partial charge is 0.479 e. The maximum atomic E-state index is 13.5. The molecule has 5 aliphatic rings. The molecule has 1 aliphatic carbocycles. The van der Waals surface area contributed by atoms with Crippen molar-refractivity contribution >= 4 is 29.1 Å². The van der Waals surface area contributed by atoms with E-state index in [1.54, 1.807) is 4.52 Å². The van der Waals surface area contributed by atoms with E-state index in [0.29, 0.717) is 57.3 Å². The van der Waals surface area contributed by atoms with Crippen LogP contribution in [0, 0.1) is 12.3 Å². The number of aryl methyl sites for hydroxylation is 1. The lowest BCUT2D eigenvalue weighted by atomic mass is 9.65. The number of hydrogen-bond donors (Lipinski definition) is 2. The average molecular weight is 601 g/mol. The van der Waals surface area contributed by atoms with Crippen LogP contribution in [0.25, 0.3) is 5.65 Å². The van der Waals surface area contributed by atoms with E-state index in [1.807, 2.05) is 18.0 Å². The predicted octanol–water partition coefficient (Wildman–Crippen LogP) is 3.34. The van der Waals surface area contributed by atoms with Crippen LogP contribution >= 0.6 is 0 Å². The Kier molecular flexibility index (Phi) is 6.91. The second-order valence-corrected chi connectivity index (χ2v) is 13.6. The van der Waals surface area contributed by atoms with Gasteiger partial charge in [0.15, 0.2) is 11.2 Å². The van der Waals surface area contributed by atoms with Crippen LogP contribution in [-0.2, 0) is 19.7 Å². The molecule has 1 saturated carbocycles. The second kappa shape index (κ2) is 10.6. The number of fused-ring (bicyclic) bond motifs is 4. The Balaban J connectivity index is 0.970. The molecule has 2 bridgehead atoms. The number of piperidine rings is 1. The van der Waals surface area contributed by atoms with E-state index < -0.39 is 17.0 Å². The van der Waals surface area contributed by atoms with E-state index >= 15 is 0 Å². The molecule has 2 amide bonds. The van der Waals surface area contributed by atoms with Crippen molar-refractivity contribution in [1.82, 2.24) is 24.8 Å². The molecule has 11 heteroatoms. The van der Waals surface area contributed by atoms with Gasteiger partial charge in [-0.2, -0.15) is 0 Å². The van der Waals surface area contributed by atoms with E-state index in [1.165, 1.54) is 5.56 Å². The number of aliphatic carboxylic acids is 1. The Morgan fingerprint density at radius 2 is 1.75 bits per heavy atom. The molecule has 1 atom stereocenters. The average Bonchev–Trinajstić information content (AvgIpc) is 3.68. The van der Waals surface area contributed by atoms with Gasteiger partial charge in [0.05, 0.1) is 23.9 Å².